The highest BCUT2D eigenvalue weighted by Crippen LogP contribution is 2.37. The van der Waals surface area contributed by atoms with Gasteiger partial charge in [0.25, 0.3) is 0 Å². The van der Waals surface area contributed by atoms with Crippen LogP contribution in [0.2, 0.25) is 0 Å². The van der Waals surface area contributed by atoms with Gasteiger partial charge in [0.2, 0.25) is 5.88 Å². The van der Waals surface area contributed by atoms with Crippen LogP contribution in [-0.2, 0) is 6.42 Å². The first-order chi connectivity index (χ1) is 13.1. The molecular formula is C23H23NO3. The van der Waals surface area contributed by atoms with Crippen molar-refractivity contribution in [2.45, 2.75) is 40.0 Å². The fourth-order valence-electron chi connectivity index (χ4n) is 3.59. The van der Waals surface area contributed by atoms with Gasteiger partial charge in [-0.3, -0.25) is 0 Å². The molecule has 0 aliphatic carbocycles. The van der Waals surface area contributed by atoms with Gasteiger partial charge in [-0.2, -0.15) is 0 Å². The van der Waals surface area contributed by atoms with E-state index in [0.29, 0.717) is 29.0 Å². The standard InChI is InChI=1S/C23H23NO3/c1-4-5-12-18-20-19(16-11-6-7-13-17(16)27-23(20)25)22(26-18)24-21-14(2)9-8-10-15(21)3/h6-11,13,24H,4-5,12H2,1-3H3. The zero-order valence-corrected chi connectivity index (χ0v) is 15.9. The molecule has 0 amide bonds. The number of para-hydroxylation sites is 2. The van der Waals surface area contributed by atoms with Gasteiger partial charge >= 0.3 is 5.63 Å². The Labute approximate surface area is 157 Å². The summed E-state index contributed by atoms with van der Waals surface area (Å²) in [4.78, 5) is 12.7. The van der Waals surface area contributed by atoms with Gasteiger partial charge in [-0.05, 0) is 37.5 Å². The molecular weight excluding hydrogens is 338 g/mol. The van der Waals surface area contributed by atoms with Crippen LogP contribution in [0.15, 0.2) is 56.1 Å². The molecule has 4 nitrogen and oxygen atoms in total. The number of fused-ring (bicyclic) bond motifs is 3. The number of furan rings is 1. The minimum Gasteiger partial charge on any atom is -0.444 e. The fourth-order valence-corrected chi connectivity index (χ4v) is 3.59. The minimum atomic E-state index is -0.340. The lowest BCUT2D eigenvalue weighted by Gasteiger charge is -2.11. The Kier molecular flexibility index (Phi) is 4.48. The maximum absolute atomic E-state index is 12.7. The van der Waals surface area contributed by atoms with Crippen LogP contribution in [0.3, 0.4) is 0 Å². The first-order valence-corrected chi connectivity index (χ1v) is 9.40. The summed E-state index contributed by atoms with van der Waals surface area (Å²) in [6, 6.07) is 13.8. The Morgan fingerprint density at radius 3 is 2.41 bits per heavy atom. The lowest BCUT2D eigenvalue weighted by atomic mass is 10.1. The van der Waals surface area contributed by atoms with Crippen molar-refractivity contribution in [2.75, 3.05) is 5.32 Å². The predicted molar refractivity (Wildman–Crippen MR) is 110 cm³/mol. The van der Waals surface area contributed by atoms with E-state index in [1.165, 1.54) is 0 Å². The highest BCUT2D eigenvalue weighted by Gasteiger charge is 2.21. The molecule has 0 aliphatic heterocycles. The van der Waals surface area contributed by atoms with E-state index >= 15 is 0 Å². The van der Waals surface area contributed by atoms with Crippen LogP contribution in [0.4, 0.5) is 11.6 Å². The van der Waals surface area contributed by atoms with Gasteiger partial charge in [0.1, 0.15) is 16.7 Å². The number of hydrogen-bond donors (Lipinski definition) is 1. The van der Waals surface area contributed by atoms with Gasteiger partial charge < -0.3 is 14.2 Å². The van der Waals surface area contributed by atoms with Gasteiger partial charge in [0.05, 0.1) is 5.39 Å². The molecule has 0 aliphatic rings. The largest absolute Gasteiger partial charge is 0.444 e. The van der Waals surface area contributed by atoms with E-state index in [-0.39, 0.29) is 5.63 Å². The Morgan fingerprint density at radius 2 is 1.67 bits per heavy atom. The van der Waals surface area contributed by atoms with Crippen molar-refractivity contribution in [1.82, 2.24) is 0 Å². The number of aryl methyl sites for hydroxylation is 3. The molecule has 27 heavy (non-hydrogen) atoms. The van der Waals surface area contributed by atoms with Gasteiger partial charge in [0, 0.05) is 17.5 Å². The minimum absolute atomic E-state index is 0.340. The second-order valence-electron chi connectivity index (χ2n) is 6.99. The SMILES string of the molecule is CCCCc1oc(Nc2c(C)cccc2C)c2c1c(=O)oc1ccccc12. The summed E-state index contributed by atoms with van der Waals surface area (Å²) in [6.07, 6.45) is 2.70. The zero-order valence-electron chi connectivity index (χ0n) is 15.9. The normalized spacial score (nSPS) is 11.4. The highest BCUT2D eigenvalue weighted by atomic mass is 16.4. The van der Waals surface area contributed by atoms with Crippen molar-refractivity contribution in [3.05, 3.63) is 69.8 Å². The van der Waals surface area contributed by atoms with Crippen molar-refractivity contribution in [3.8, 4) is 0 Å². The van der Waals surface area contributed by atoms with E-state index in [2.05, 4.69) is 38.2 Å². The topological polar surface area (TPSA) is 55.4 Å². The number of anilines is 2. The summed E-state index contributed by atoms with van der Waals surface area (Å²) in [5, 5.41) is 5.69. The van der Waals surface area contributed by atoms with Crippen LogP contribution in [0.1, 0.15) is 36.7 Å². The molecule has 1 N–H and O–H groups in total. The molecule has 2 aromatic carbocycles. The summed E-state index contributed by atoms with van der Waals surface area (Å²) in [5.41, 5.74) is 3.49. The van der Waals surface area contributed by atoms with E-state index < -0.39 is 0 Å². The zero-order chi connectivity index (χ0) is 19.0. The number of nitrogens with one attached hydrogen (secondary N) is 1. The van der Waals surface area contributed by atoms with Crippen molar-refractivity contribution in [2.24, 2.45) is 0 Å². The molecule has 0 bridgehead atoms. The van der Waals surface area contributed by atoms with Crippen LogP contribution in [-0.4, -0.2) is 0 Å². The third-order valence-electron chi connectivity index (χ3n) is 5.02. The quantitative estimate of drug-likeness (QED) is 0.427. The molecule has 4 rings (SSSR count). The molecule has 0 atom stereocenters. The summed E-state index contributed by atoms with van der Waals surface area (Å²) in [6.45, 7) is 6.24. The molecule has 0 saturated heterocycles. The second-order valence-corrected chi connectivity index (χ2v) is 6.99. The van der Waals surface area contributed by atoms with Crippen molar-refractivity contribution >= 4 is 33.3 Å². The van der Waals surface area contributed by atoms with Crippen LogP contribution in [0, 0.1) is 13.8 Å². The Morgan fingerprint density at radius 1 is 0.926 bits per heavy atom. The molecule has 0 spiro atoms. The maximum atomic E-state index is 12.7. The van der Waals surface area contributed by atoms with Crippen molar-refractivity contribution in [1.29, 1.82) is 0 Å². The lowest BCUT2D eigenvalue weighted by molar-refractivity contribution is 0.516. The third kappa shape index (κ3) is 3.01. The van der Waals surface area contributed by atoms with Crippen molar-refractivity contribution in [3.63, 3.8) is 0 Å². The average Bonchev–Trinajstić information content (AvgIpc) is 3.02. The number of rotatable bonds is 5. The predicted octanol–water partition coefficient (Wildman–Crippen LogP) is 6.24. The first kappa shape index (κ1) is 17.4. The van der Waals surface area contributed by atoms with Crippen LogP contribution >= 0.6 is 0 Å². The van der Waals surface area contributed by atoms with Gasteiger partial charge in [-0.1, -0.05) is 49.7 Å². The number of hydrogen-bond acceptors (Lipinski definition) is 4. The summed E-state index contributed by atoms with van der Waals surface area (Å²) >= 11 is 0. The van der Waals surface area contributed by atoms with E-state index in [1.807, 2.05) is 30.3 Å². The second kappa shape index (κ2) is 6.95. The van der Waals surface area contributed by atoms with Crippen molar-refractivity contribution < 1.29 is 8.83 Å². The molecule has 0 saturated carbocycles. The summed E-state index contributed by atoms with van der Waals surface area (Å²) in [7, 11) is 0. The van der Waals surface area contributed by atoms with Crippen LogP contribution in [0.5, 0.6) is 0 Å². The molecule has 0 unspecified atom stereocenters. The molecule has 0 fully saturated rings. The molecule has 138 valence electrons. The van der Waals surface area contributed by atoms with Crippen LogP contribution in [0.25, 0.3) is 21.7 Å². The molecule has 2 heterocycles. The monoisotopic (exact) mass is 361 g/mol. The van der Waals surface area contributed by atoms with Crippen LogP contribution < -0.4 is 10.9 Å². The van der Waals surface area contributed by atoms with E-state index in [0.717, 1.165) is 40.4 Å². The van der Waals surface area contributed by atoms with E-state index in [1.54, 1.807) is 0 Å². The maximum Gasteiger partial charge on any atom is 0.347 e. The van der Waals surface area contributed by atoms with Gasteiger partial charge in [-0.25, -0.2) is 4.79 Å². The molecule has 0 radical (unpaired) electrons. The first-order valence-electron chi connectivity index (χ1n) is 9.40. The third-order valence-corrected chi connectivity index (χ3v) is 5.02. The Bertz CT molecular complexity index is 1160. The lowest BCUT2D eigenvalue weighted by Crippen LogP contribution is -2.01. The van der Waals surface area contributed by atoms with Gasteiger partial charge in [-0.15, -0.1) is 0 Å². The fraction of sp³-hybridized carbons (Fsp3) is 0.261. The molecule has 4 heteroatoms. The number of benzene rings is 2. The smallest absolute Gasteiger partial charge is 0.347 e. The van der Waals surface area contributed by atoms with E-state index in [4.69, 9.17) is 8.83 Å². The van der Waals surface area contributed by atoms with E-state index in [9.17, 15) is 4.79 Å². The Hall–Kier alpha value is -3.01. The average molecular weight is 361 g/mol. The number of unbranched alkanes of at least 4 members (excludes halogenated alkanes) is 1. The Balaban J connectivity index is 2.00. The molecule has 4 aromatic rings. The molecule has 2 aromatic heterocycles. The summed E-state index contributed by atoms with van der Waals surface area (Å²) in [5.74, 6) is 1.30. The summed E-state index contributed by atoms with van der Waals surface area (Å²) < 4.78 is 11.8. The van der Waals surface area contributed by atoms with Gasteiger partial charge in [0.15, 0.2) is 0 Å². The highest BCUT2D eigenvalue weighted by molar-refractivity contribution is 6.11.